The highest BCUT2D eigenvalue weighted by molar-refractivity contribution is 6.58. The van der Waals surface area contributed by atoms with Crippen molar-refractivity contribution in [1.29, 1.82) is 0 Å². The smallest absolute Gasteiger partial charge is 0.515 e. The molecule has 0 aromatic heterocycles. The van der Waals surface area contributed by atoms with Gasteiger partial charge in [-0.2, -0.15) is 0 Å². The third-order valence-corrected chi connectivity index (χ3v) is 1.62. The molecule has 0 saturated carbocycles. The van der Waals surface area contributed by atoms with Crippen LogP contribution in [0, 0.1) is 5.82 Å². The summed E-state index contributed by atoms with van der Waals surface area (Å²) < 4.78 is 52.2. The van der Waals surface area contributed by atoms with E-state index in [4.69, 9.17) is 11.6 Å². The minimum absolute atomic E-state index is 0.101. The second kappa shape index (κ2) is 4.08. The number of hydrogen-bond donors (Lipinski definition) is 0. The van der Waals surface area contributed by atoms with Crippen LogP contribution in [0.2, 0.25) is 5.02 Å². The van der Waals surface area contributed by atoms with Crippen LogP contribution < -0.4 is 4.74 Å². The van der Waals surface area contributed by atoms with Gasteiger partial charge in [0.05, 0.1) is 11.5 Å². The van der Waals surface area contributed by atoms with Gasteiger partial charge in [-0.15, -0.1) is 0 Å². The maximum atomic E-state index is 12.6. The molecular formula is C7H5BClF4O-. The largest absolute Gasteiger partial charge is 0.522 e. The van der Waals surface area contributed by atoms with Gasteiger partial charge in [-0.25, -0.2) is 4.39 Å². The standard InChI is InChI=1S/C7H5BClF4O/c9-6-3-5(1-2-7(6)10)14-4-8(11,12)13/h1-3H,4H2/q-1. The van der Waals surface area contributed by atoms with Crippen molar-refractivity contribution in [3.8, 4) is 5.75 Å². The van der Waals surface area contributed by atoms with Crippen LogP contribution in [0.3, 0.4) is 0 Å². The predicted octanol–water partition coefficient (Wildman–Crippen LogP) is 3.24. The highest BCUT2D eigenvalue weighted by Crippen LogP contribution is 2.22. The molecule has 0 amide bonds. The van der Waals surface area contributed by atoms with Crippen LogP contribution in [0.1, 0.15) is 0 Å². The first-order valence-corrected chi connectivity index (χ1v) is 4.05. The van der Waals surface area contributed by atoms with E-state index < -0.39 is 19.3 Å². The van der Waals surface area contributed by atoms with E-state index in [1.807, 2.05) is 0 Å². The van der Waals surface area contributed by atoms with Gasteiger partial charge in [0.15, 0.2) is 0 Å². The van der Waals surface area contributed by atoms with Gasteiger partial charge in [-0.05, 0) is 12.1 Å². The number of halogens is 5. The molecule has 0 fully saturated rings. The second-order valence-electron chi connectivity index (χ2n) is 2.60. The zero-order valence-corrected chi connectivity index (χ0v) is 7.57. The maximum absolute atomic E-state index is 12.6. The summed E-state index contributed by atoms with van der Waals surface area (Å²) in [6.45, 7) is -6.37. The van der Waals surface area contributed by atoms with Crippen LogP contribution in [-0.2, 0) is 0 Å². The molecule has 1 aromatic rings. The average molecular weight is 227 g/mol. The Morgan fingerprint density at radius 2 is 1.93 bits per heavy atom. The molecule has 0 saturated heterocycles. The lowest BCUT2D eigenvalue weighted by Gasteiger charge is -2.15. The van der Waals surface area contributed by atoms with Crippen molar-refractivity contribution < 1.29 is 22.1 Å². The fraction of sp³-hybridized carbons (Fsp3) is 0.143. The van der Waals surface area contributed by atoms with Crippen molar-refractivity contribution in [2.24, 2.45) is 0 Å². The van der Waals surface area contributed by atoms with Crippen molar-refractivity contribution in [3.63, 3.8) is 0 Å². The highest BCUT2D eigenvalue weighted by Gasteiger charge is 2.24. The van der Waals surface area contributed by atoms with Crippen LogP contribution in [0.25, 0.3) is 0 Å². The summed E-state index contributed by atoms with van der Waals surface area (Å²) in [6.07, 6.45) is 0. The summed E-state index contributed by atoms with van der Waals surface area (Å²) in [5.74, 6) is -0.799. The maximum Gasteiger partial charge on any atom is 0.515 e. The Morgan fingerprint density at radius 3 is 2.43 bits per heavy atom. The molecular weight excluding hydrogens is 222 g/mol. The van der Waals surface area contributed by atoms with Gasteiger partial charge in [-0.1, -0.05) is 11.6 Å². The SMILES string of the molecule is Fc1ccc(OC[B-](F)(F)F)cc1Cl. The average Bonchev–Trinajstić information content (AvgIpc) is 2.06. The zero-order valence-electron chi connectivity index (χ0n) is 6.81. The van der Waals surface area contributed by atoms with E-state index in [1.54, 1.807) is 0 Å². The van der Waals surface area contributed by atoms with Gasteiger partial charge in [0.2, 0.25) is 0 Å². The molecule has 0 radical (unpaired) electrons. The molecule has 0 aliphatic heterocycles. The van der Waals surface area contributed by atoms with Gasteiger partial charge in [0.25, 0.3) is 0 Å². The van der Waals surface area contributed by atoms with E-state index >= 15 is 0 Å². The Hall–Kier alpha value is -0.905. The molecule has 1 rings (SSSR count). The van der Waals surface area contributed by atoms with Gasteiger partial charge < -0.3 is 17.7 Å². The van der Waals surface area contributed by atoms with Crippen LogP contribution in [0.5, 0.6) is 5.75 Å². The van der Waals surface area contributed by atoms with E-state index in [0.717, 1.165) is 18.2 Å². The molecule has 0 heterocycles. The van der Waals surface area contributed by atoms with E-state index in [0.29, 0.717) is 0 Å². The first-order chi connectivity index (χ1) is 6.38. The summed E-state index contributed by atoms with van der Waals surface area (Å²) >= 11 is 5.33. The summed E-state index contributed by atoms with van der Waals surface area (Å²) in [6, 6.07) is 3.03. The molecule has 1 nitrogen and oxygen atoms in total. The van der Waals surface area contributed by atoms with Gasteiger partial charge in [0, 0.05) is 6.07 Å². The monoisotopic (exact) mass is 227 g/mol. The summed E-state index contributed by atoms with van der Waals surface area (Å²) in [5.41, 5.74) is 0. The Labute approximate surface area is 82.7 Å². The molecule has 0 unspecified atom stereocenters. The zero-order chi connectivity index (χ0) is 10.8. The lowest BCUT2D eigenvalue weighted by atomic mass is 9.95. The van der Waals surface area contributed by atoms with Crippen LogP contribution >= 0.6 is 11.6 Å². The Bertz CT molecular complexity index is 328. The minimum Gasteiger partial charge on any atom is -0.522 e. The molecule has 0 atom stereocenters. The van der Waals surface area contributed by atoms with Crippen LogP contribution in [-0.4, -0.2) is 13.5 Å². The van der Waals surface area contributed by atoms with E-state index in [2.05, 4.69) is 4.74 Å². The lowest BCUT2D eigenvalue weighted by molar-refractivity contribution is 0.313. The summed E-state index contributed by atoms with van der Waals surface area (Å²) in [5, 5.41) is -0.267. The Morgan fingerprint density at radius 1 is 1.29 bits per heavy atom. The van der Waals surface area contributed by atoms with Crippen molar-refractivity contribution in [2.75, 3.05) is 6.51 Å². The molecule has 0 aliphatic carbocycles. The van der Waals surface area contributed by atoms with Crippen molar-refractivity contribution in [1.82, 2.24) is 0 Å². The van der Waals surface area contributed by atoms with Crippen LogP contribution in [0.15, 0.2) is 18.2 Å². The second-order valence-corrected chi connectivity index (χ2v) is 3.00. The summed E-state index contributed by atoms with van der Waals surface area (Å²) in [4.78, 5) is 0. The van der Waals surface area contributed by atoms with Gasteiger partial charge >= 0.3 is 6.98 Å². The van der Waals surface area contributed by atoms with E-state index in [-0.39, 0.29) is 10.8 Å². The molecule has 0 bridgehead atoms. The van der Waals surface area contributed by atoms with E-state index in [9.17, 15) is 17.3 Å². The van der Waals surface area contributed by atoms with Crippen molar-refractivity contribution >= 4 is 18.6 Å². The Kier molecular flexibility index (Phi) is 3.26. The molecule has 7 heteroatoms. The molecule has 0 N–H and O–H groups in total. The molecule has 0 spiro atoms. The molecule has 14 heavy (non-hydrogen) atoms. The fourth-order valence-electron chi connectivity index (χ4n) is 0.757. The predicted molar refractivity (Wildman–Crippen MR) is 46.0 cm³/mol. The fourth-order valence-corrected chi connectivity index (χ4v) is 0.928. The third kappa shape index (κ3) is 3.45. The lowest BCUT2D eigenvalue weighted by Crippen LogP contribution is -2.26. The van der Waals surface area contributed by atoms with Crippen molar-refractivity contribution in [3.05, 3.63) is 29.0 Å². The number of hydrogen-bond acceptors (Lipinski definition) is 1. The quantitative estimate of drug-likeness (QED) is 0.569. The molecule has 78 valence electrons. The summed E-state index contributed by atoms with van der Waals surface area (Å²) in [7, 11) is 0. The minimum atomic E-state index is -5.01. The first kappa shape index (κ1) is 11.2. The van der Waals surface area contributed by atoms with Gasteiger partial charge in [-0.3, -0.25) is 0 Å². The molecule has 1 aromatic carbocycles. The van der Waals surface area contributed by atoms with Gasteiger partial charge in [0.1, 0.15) is 11.6 Å². The third-order valence-electron chi connectivity index (χ3n) is 1.33. The van der Waals surface area contributed by atoms with Crippen LogP contribution in [0.4, 0.5) is 17.3 Å². The van der Waals surface area contributed by atoms with E-state index in [1.165, 1.54) is 0 Å². The highest BCUT2D eigenvalue weighted by atomic mass is 35.5. The Balaban J connectivity index is 2.65. The first-order valence-electron chi connectivity index (χ1n) is 3.67. The normalized spacial score (nSPS) is 11.5. The number of benzene rings is 1. The number of ether oxygens (including phenoxy) is 1. The van der Waals surface area contributed by atoms with Crippen molar-refractivity contribution in [2.45, 2.75) is 0 Å². The molecule has 0 aliphatic rings. The number of rotatable bonds is 3. The topological polar surface area (TPSA) is 9.23 Å².